The van der Waals surface area contributed by atoms with Crippen LogP contribution >= 0.6 is 0 Å². The van der Waals surface area contributed by atoms with E-state index in [1.165, 1.54) is 5.69 Å². The van der Waals surface area contributed by atoms with E-state index in [9.17, 15) is 4.79 Å². The van der Waals surface area contributed by atoms with Crippen molar-refractivity contribution in [2.75, 3.05) is 43.6 Å². The van der Waals surface area contributed by atoms with E-state index in [0.29, 0.717) is 12.2 Å². The Hall–Kier alpha value is -2.60. The number of nitrogens with zero attached hydrogens (tertiary/aromatic N) is 3. The van der Waals surface area contributed by atoms with Crippen molar-refractivity contribution in [2.45, 2.75) is 6.54 Å². The highest BCUT2D eigenvalue weighted by Crippen LogP contribution is 2.17. The highest BCUT2D eigenvalue weighted by Gasteiger charge is 2.12. The summed E-state index contributed by atoms with van der Waals surface area (Å²) in [6.07, 6.45) is 3.30. The second-order valence-electron chi connectivity index (χ2n) is 5.79. The number of urea groups is 1. The van der Waals surface area contributed by atoms with Crippen molar-refractivity contribution in [1.82, 2.24) is 9.88 Å². The van der Waals surface area contributed by atoms with E-state index < -0.39 is 0 Å². The molecular weight excluding hydrogens is 304 g/mol. The number of anilines is 2. The molecule has 0 saturated carbocycles. The smallest absolute Gasteiger partial charge is 0.321 e. The maximum atomic E-state index is 12.2. The zero-order valence-corrected chi connectivity index (χ0v) is 13.8. The van der Waals surface area contributed by atoms with Crippen molar-refractivity contribution in [2.24, 2.45) is 0 Å². The summed E-state index contributed by atoms with van der Waals surface area (Å²) in [5.74, 6) is 0. The lowest BCUT2D eigenvalue weighted by Gasteiger charge is -2.29. The van der Waals surface area contributed by atoms with Gasteiger partial charge >= 0.3 is 6.03 Å². The fourth-order valence-electron chi connectivity index (χ4n) is 2.63. The zero-order valence-electron chi connectivity index (χ0n) is 13.8. The van der Waals surface area contributed by atoms with E-state index in [2.05, 4.69) is 39.5 Å². The van der Waals surface area contributed by atoms with Gasteiger partial charge in [0.2, 0.25) is 0 Å². The van der Waals surface area contributed by atoms with E-state index in [-0.39, 0.29) is 6.03 Å². The Morgan fingerprint density at radius 1 is 1.25 bits per heavy atom. The number of amides is 2. The second-order valence-corrected chi connectivity index (χ2v) is 5.79. The summed E-state index contributed by atoms with van der Waals surface area (Å²) in [7, 11) is 1.78. The minimum Gasteiger partial charge on any atom is -0.378 e. The molecule has 2 heterocycles. The van der Waals surface area contributed by atoms with E-state index >= 15 is 0 Å². The van der Waals surface area contributed by atoms with E-state index in [4.69, 9.17) is 4.74 Å². The van der Waals surface area contributed by atoms with Crippen molar-refractivity contribution in [3.63, 3.8) is 0 Å². The summed E-state index contributed by atoms with van der Waals surface area (Å²) in [6.45, 7) is 3.95. The number of hydrogen-bond donors (Lipinski definition) is 1. The van der Waals surface area contributed by atoms with Gasteiger partial charge in [-0.05, 0) is 29.8 Å². The average Bonchev–Trinajstić information content (AvgIpc) is 2.64. The molecule has 0 unspecified atom stereocenters. The van der Waals surface area contributed by atoms with E-state index in [0.717, 1.165) is 31.9 Å². The predicted molar refractivity (Wildman–Crippen MR) is 94.2 cm³/mol. The molecule has 24 heavy (non-hydrogen) atoms. The largest absolute Gasteiger partial charge is 0.378 e. The monoisotopic (exact) mass is 326 g/mol. The topological polar surface area (TPSA) is 57.7 Å². The molecule has 0 radical (unpaired) electrons. The molecule has 1 fully saturated rings. The predicted octanol–water partition coefficient (Wildman–Crippen LogP) is 2.58. The molecule has 1 aliphatic rings. The first kappa shape index (κ1) is 16.3. The quantitative estimate of drug-likeness (QED) is 0.938. The molecule has 0 bridgehead atoms. The van der Waals surface area contributed by atoms with Crippen LogP contribution < -0.4 is 10.2 Å². The summed E-state index contributed by atoms with van der Waals surface area (Å²) in [5, 5.41) is 2.83. The molecule has 6 nitrogen and oxygen atoms in total. The number of pyridine rings is 1. The molecule has 1 aromatic carbocycles. The Bertz CT molecular complexity index is 654. The van der Waals surface area contributed by atoms with Crippen LogP contribution in [0, 0.1) is 0 Å². The van der Waals surface area contributed by atoms with Crippen LogP contribution in [0.2, 0.25) is 0 Å². The fraction of sp³-hybridized carbons (Fsp3) is 0.333. The highest BCUT2D eigenvalue weighted by molar-refractivity contribution is 5.88. The van der Waals surface area contributed by atoms with Gasteiger partial charge in [-0.25, -0.2) is 4.79 Å². The van der Waals surface area contributed by atoms with Gasteiger partial charge in [0.1, 0.15) is 0 Å². The minimum absolute atomic E-state index is 0.153. The van der Waals surface area contributed by atoms with Gasteiger partial charge in [-0.15, -0.1) is 0 Å². The number of carbonyl (C=O) groups excluding carboxylic acids is 1. The molecule has 1 aromatic heterocycles. The van der Waals surface area contributed by atoms with Gasteiger partial charge in [0.25, 0.3) is 0 Å². The molecule has 0 atom stereocenters. The van der Waals surface area contributed by atoms with Crippen LogP contribution in [0.3, 0.4) is 0 Å². The molecule has 0 aliphatic carbocycles. The number of aromatic nitrogens is 1. The molecule has 2 aromatic rings. The molecular formula is C18H22N4O2. The molecule has 126 valence electrons. The first-order valence-corrected chi connectivity index (χ1v) is 8.06. The Morgan fingerprint density at radius 3 is 2.67 bits per heavy atom. The molecule has 3 rings (SSSR count). The van der Waals surface area contributed by atoms with Gasteiger partial charge in [0.05, 0.1) is 25.1 Å². The van der Waals surface area contributed by atoms with Crippen molar-refractivity contribution in [3.8, 4) is 0 Å². The van der Waals surface area contributed by atoms with Gasteiger partial charge < -0.3 is 19.9 Å². The first-order valence-electron chi connectivity index (χ1n) is 8.06. The zero-order chi connectivity index (χ0) is 16.8. The molecule has 1 N–H and O–H groups in total. The number of morpholine rings is 1. The number of rotatable bonds is 4. The van der Waals surface area contributed by atoms with Gasteiger partial charge in [-0.3, -0.25) is 4.98 Å². The van der Waals surface area contributed by atoms with E-state index in [1.54, 1.807) is 30.4 Å². The Balaban J connectivity index is 1.55. The van der Waals surface area contributed by atoms with Crippen LogP contribution in [0.15, 0.2) is 48.8 Å². The Morgan fingerprint density at radius 2 is 2.00 bits per heavy atom. The summed E-state index contributed by atoms with van der Waals surface area (Å²) in [5.41, 5.74) is 2.98. The number of hydrogen-bond acceptors (Lipinski definition) is 4. The normalized spacial score (nSPS) is 14.3. The number of nitrogens with one attached hydrogen (secondary N) is 1. The Labute approximate surface area is 142 Å². The third-order valence-electron chi connectivity index (χ3n) is 3.99. The molecule has 1 saturated heterocycles. The molecule has 2 amide bonds. The SMILES string of the molecule is CN(Cc1ccc(N2CCOCC2)cc1)C(=O)Nc1cccnc1. The maximum absolute atomic E-state index is 12.2. The Kier molecular flexibility index (Phi) is 5.28. The van der Waals surface area contributed by atoms with E-state index in [1.807, 2.05) is 6.07 Å². The third-order valence-corrected chi connectivity index (χ3v) is 3.99. The van der Waals surface area contributed by atoms with Crippen LogP contribution in [0.25, 0.3) is 0 Å². The van der Waals surface area contributed by atoms with Crippen molar-refractivity contribution in [1.29, 1.82) is 0 Å². The summed E-state index contributed by atoms with van der Waals surface area (Å²) >= 11 is 0. The molecule has 1 aliphatic heterocycles. The van der Waals surface area contributed by atoms with Gasteiger partial charge in [-0.2, -0.15) is 0 Å². The van der Waals surface area contributed by atoms with Gasteiger partial charge in [0, 0.05) is 38.6 Å². The summed E-state index contributed by atoms with van der Waals surface area (Å²) < 4.78 is 5.38. The van der Waals surface area contributed by atoms with Crippen LogP contribution in [-0.4, -0.2) is 49.3 Å². The average molecular weight is 326 g/mol. The van der Waals surface area contributed by atoms with Crippen molar-refractivity contribution < 1.29 is 9.53 Å². The van der Waals surface area contributed by atoms with Crippen molar-refractivity contribution in [3.05, 3.63) is 54.4 Å². The third kappa shape index (κ3) is 4.23. The fourth-order valence-corrected chi connectivity index (χ4v) is 2.63. The lowest BCUT2D eigenvalue weighted by molar-refractivity contribution is 0.122. The maximum Gasteiger partial charge on any atom is 0.321 e. The summed E-state index contributed by atoms with van der Waals surface area (Å²) in [6, 6.07) is 11.8. The van der Waals surface area contributed by atoms with Gasteiger partial charge in [0.15, 0.2) is 0 Å². The number of ether oxygens (including phenoxy) is 1. The van der Waals surface area contributed by atoms with Crippen LogP contribution in [0.4, 0.5) is 16.2 Å². The standard InChI is InChI=1S/C18H22N4O2/c1-21(18(23)20-16-3-2-8-19-13-16)14-15-4-6-17(7-5-15)22-9-11-24-12-10-22/h2-8,13H,9-12,14H2,1H3,(H,20,23). The van der Waals surface area contributed by atoms with Crippen LogP contribution in [0.5, 0.6) is 0 Å². The second kappa shape index (κ2) is 7.79. The summed E-state index contributed by atoms with van der Waals surface area (Å²) in [4.78, 5) is 20.1. The highest BCUT2D eigenvalue weighted by atomic mass is 16.5. The number of carbonyl (C=O) groups is 1. The van der Waals surface area contributed by atoms with Crippen LogP contribution in [0.1, 0.15) is 5.56 Å². The molecule has 6 heteroatoms. The lowest BCUT2D eigenvalue weighted by atomic mass is 10.2. The molecule has 0 spiro atoms. The van der Waals surface area contributed by atoms with Gasteiger partial charge in [-0.1, -0.05) is 12.1 Å². The number of benzene rings is 1. The first-order chi connectivity index (χ1) is 11.7. The lowest BCUT2D eigenvalue weighted by Crippen LogP contribution is -2.36. The van der Waals surface area contributed by atoms with Crippen molar-refractivity contribution >= 4 is 17.4 Å². The van der Waals surface area contributed by atoms with Crippen LogP contribution in [-0.2, 0) is 11.3 Å². The minimum atomic E-state index is -0.153.